The molecule has 1 atom stereocenters. The number of aryl methyl sites for hydroxylation is 1. The summed E-state index contributed by atoms with van der Waals surface area (Å²) in [4.78, 5) is 29.4. The van der Waals surface area contributed by atoms with Crippen molar-refractivity contribution in [1.29, 1.82) is 0 Å². The van der Waals surface area contributed by atoms with Crippen molar-refractivity contribution in [2.45, 2.75) is 45.1 Å². The number of likely N-dealkylation sites (tertiary alicyclic amines) is 1. The molecule has 0 aliphatic carbocycles. The lowest BCUT2D eigenvalue weighted by Crippen LogP contribution is -2.46. The SMILES string of the molecule is Cc1[nH]c(=S)sc1CC(=O)N1CCCCC1CC(N)=O. The van der Waals surface area contributed by atoms with Gasteiger partial charge in [0.1, 0.15) is 0 Å². The van der Waals surface area contributed by atoms with Crippen LogP contribution in [0.15, 0.2) is 0 Å². The lowest BCUT2D eigenvalue weighted by atomic mass is 9.98. The number of hydrogen-bond acceptors (Lipinski definition) is 4. The number of primary amides is 1. The van der Waals surface area contributed by atoms with Crippen LogP contribution in [0.5, 0.6) is 0 Å². The number of aromatic nitrogens is 1. The Balaban J connectivity index is 2.07. The molecule has 1 unspecified atom stereocenters. The third kappa shape index (κ3) is 3.67. The number of nitrogens with two attached hydrogens (primary N) is 1. The smallest absolute Gasteiger partial charge is 0.228 e. The highest BCUT2D eigenvalue weighted by Crippen LogP contribution is 2.22. The normalized spacial score (nSPS) is 19.1. The van der Waals surface area contributed by atoms with Gasteiger partial charge in [-0.05, 0) is 38.4 Å². The van der Waals surface area contributed by atoms with Gasteiger partial charge in [0.25, 0.3) is 0 Å². The Morgan fingerprint density at radius 1 is 1.50 bits per heavy atom. The van der Waals surface area contributed by atoms with Crippen molar-refractivity contribution in [2.75, 3.05) is 6.54 Å². The molecule has 2 rings (SSSR count). The molecule has 1 saturated heterocycles. The Morgan fingerprint density at radius 2 is 2.25 bits per heavy atom. The number of thiazole rings is 1. The van der Waals surface area contributed by atoms with Crippen molar-refractivity contribution >= 4 is 35.4 Å². The summed E-state index contributed by atoms with van der Waals surface area (Å²) in [5.41, 5.74) is 6.23. The second-order valence-corrected chi connectivity index (χ2v) is 6.92. The van der Waals surface area contributed by atoms with Crippen LogP contribution in [0.1, 0.15) is 36.3 Å². The number of carbonyl (C=O) groups excluding carboxylic acids is 2. The van der Waals surface area contributed by atoms with Crippen molar-refractivity contribution < 1.29 is 9.59 Å². The number of rotatable bonds is 4. The van der Waals surface area contributed by atoms with Crippen molar-refractivity contribution in [1.82, 2.24) is 9.88 Å². The lowest BCUT2D eigenvalue weighted by molar-refractivity contribution is -0.135. The Bertz CT molecular complexity index is 564. The number of carbonyl (C=O) groups is 2. The van der Waals surface area contributed by atoms with Crippen molar-refractivity contribution in [2.24, 2.45) is 5.73 Å². The third-order valence-corrected chi connectivity index (χ3v) is 4.96. The van der Waals surface area contributed by atoms with Crippen LogP contribution >= 0.6 is 23.6 Å². The quantitative estimate of drug-likeness (QED) is 0.833. The summed E-state index contributed by atoms with van der Waals surface area (Å²) < 4.78 is 0.692. The van der Waals surface area contributed by atoms with E-state index in [-0.39, 0.29) is 24.3 Å². The maximum absolute atomic E-state index is 12.5. The molecule has 0 radical (unpaired) electrons. The number of amides is 2. The third-order valence-electron chi connectivity index (χ3n) is 3.62. The highest BCUT2D eigenvalue weighted by molar-refractivity contribution is 7.73. The number of hydrogen-bond donors (Lipinski definition) is 2. The molecular weight excluding hydrogens is 294 g/mol. The van der Waals surface area contributed by atoms with Crippen LogP contribution in [0.3, 0.4) is 0 Å². The first-order chi connectivity index (χ1) is 9.47. The Labute approximate surface area is 127 Å². The van der Waals surface area contributed by atoms with Gasteiger partial charge in [0.2, 0.25) is 11.8 Å². The van der Waals surface area contributed by atoms with E-state index in [4.69, 9.17) is 18.0 Å². The fourth-order valence-electron chi connectivity index (χ4n) is 2.62. The average molecular weight is 313 g/mol. The zero-order valence-corrected chi connectivity index (χ0v) is 13.1. The van der Waals surface area contributed by atoms with Gasteiger partial charge in [0, 0.05) is 29.6 Å². The largest absolute Gasteiger partial charge is 0.370 e. The molecule has 1 aromatic rings. The molecule has 0 bridgehead atoms. The maximum atomic E-state index is 12.5. The summed E-state index contributed by atoms with van der Waals surface area (Å²) in [6.07, 6.45) is 3.50. The van der Waals surface area contributed by atoms with Gasteiger partial charge < -0.3 is 15.6 Å². The maximum Gasteiger partial charge on any atom is 0.228 e. The number of nitrogens with one attached hydrogen (secondary N) is 1. The van der Waals surface area contributed by atoms with E-state index < -0.39 is 0 Å². The summed E-state index contributed by atoms with van der Waals surface area (Å²) in [6, 6.07) is -0.0408. The standard InChI is InChI=1S/C13H19N3O2S2/c1-8-10(20-13(19)15-8)7-12(18)16-5-3-2-4-9(16)6-11(14)17/h9H,2-7H2,1H3,(H2,14,17)(H,15,19). The predicted molar refractivity (Wildman–Crippen MR) is 81.1 cm³/mol. The molecule has 2 heterocycles. The van der Waals surface area contributed by atoms with E-state index in [9.17, 15) is 9.59 Å². The molecule has 1 aromatic heterocycles. The van der Waals surface area contributed by atoms with Gasteiger partial charge >= 0.3 is 0 Å². The second-order valence-electron chi connectivity index (χ2n) is 5.15. The van der Waals surface area contributed by atoms with E-state index in [1.165, 1.54) is 11.3 Å². The van der Waals surface area contributed by atoms with Crippen LogP contribution in [0.4, 0.5) is 0 Å². The average Bonchev–Trinajstić information content (AvgIpc) is 2.67. The van der Waals surface area contributed by atoms with E-state index in [1.54, 1.807) is 0 Å². The molecule has 1 aliphatic heterocycles. The van der Waals surface area contributed by atoms with Gasteiger partial charge in [-0.15, -0.1) is 11.3 Å². The van der Waals surface area contributed by atoms with Crippen molar-refractivity contribution in [3.8, 4) is 0 Å². The first kappa shape index (κ1) is 15.2. The molecular formula is C13H19N3O2S2. The molecule has 5 nitrogen and oxygen atoms in total. The monoisotopic (exact) mass is 313 g/mol. The van der Waals surface area contributed by atoms with Gasteiger partial charge in [-0.3, -0.25) is 9.59 Å². The van der Waals surface area contributed by atoms with Crippen molar-refractivity contribution in [3.63, 3.8) is 0 Å². The van der Waals surface area contributed by atoms with E-state index in [0.717, 1.165) is 29.8 Å². The predicted octanol–water partition coefficient (Wildman–Crippen LogP) is 1.91. The molecule has 20 heavy (non-hydrogen) atoms. The van der Waals surface area contributed by atoms with Crippen LogP contribution in [0.2, 0.25) is 0 Å². The topological polar surface area (TPSA) is 79.2 Å². The number of aromatic amines is 1. The van der Waals surface area contributed by atoms with Crippen LogP contribution in [-0.2, 0) is 16.0 Å². The molecule has 110 valence electrons. The molecule has 1 fully saturated rings. The fourth-order valence-corrected chi connectivity index (χ4v) is 3.90. The first-order valence-corrected chi connectivity index (χ1v) is 7.96. The highest BCUT2D eigenvalue weighted by atomic mass is 32.1. The number of piperidine rings is 1. The molecule has 3 N–H and O–H groups in total. The van der Waals surface area contributed by atoms with E-state index in [0.29, 0.717) is 16.9 Å². The van der Waals surface area contributed by atoms with Crippen LogP contribution in [0, 0.1) is 10.9 Å². The van der Waals surface area contributed by atoms with E-state index >= 15 is 0 Å². The van der Waals surface area contributed by atoms with E-state index in [2.05, 4.69) is 4.98 Å². The van der Waals surface area contributed by atoms with Gasteiger partial charge in [-0.25, -0.2) is 0 Å². The molecule has 1 aliphatic rings. The Hall–Kier alpha value is -1.21. The summed E-state index contributed by atoms with van der Waals surface area (Å²) >= 11 is 6.53. The van der Waals surface area contributed by atoms with Crippen molar-refractivity contribution in [3.05, 3.63) is 14.5 Å². The summed E-state index contributed by atoms with van der Waals surface area (Å²) in [6.45, 7) is 2.64. The molecule has 7 heteroatoms. The van der Waals surface area contributed by atoms with Crippen LogP contribution < -0.4 is 5.73 Å². The van der Waals surface area contributed by atoms with Gasteiger partial charge in [-0.2, -0.15) is 0 Å². The van der Waals surface area contributed by atoms with Gasteiger partial charge in [-0.1, -0.05) is 0 Å². The minimum atomic E-state index is -0.344. The Kier molecular flexibility index (Phi) is 4.93. The molecule has 0 spiro atoms. The molecule has 0 saturated carbocycles. The Morgan fingerprint density at radius 3 is 2.85 bits per heavy atom. The van der Waals surface area contributed by atoms with E-state index in [1.807, 2.05) is 11.8 Å². The van der Waals surface area contributed by atoms with Gasteiger partial charge in [0.05, 0.1) is 6.42 Å². The zero-order valence-electron chi connectivity index (χ0n) is 11.5. The second kappa shape index (κ2) is 6.49. The minimum absolute atomic E-state index is 0.0408. The number of nitrogens with zero attached hydrogens (tertiary/aromatic N) is 1. The van der Waals surface area contributed by atoms with Crippen LogP contribution in [0.25, 0.3) is 0 Å². The number of H-pyrrole nitrogens is 1. The summed E-state index contributed by atoms with van der Waals surface area (Å²) in [5, 5.41) is 0. The first-order valence-electron chi connectivity index (χ1n) is 6.73. The fraction of sp³-hybridized carbons (Fsp3) is 0.615. The summed E-state index contributed by atoms with van der Waals surface area (Å²) in [7, 11) is 0. The molecule has 0 aromatic carbocycles. The summed E-state index contributed by atoms with van der Waals surface area (Å²) in [5.74, 6) is -0.285. The lowest BCUT2D eigenvalue weighted by Gasteiger charge is -2.35. The minimum Gasteiger partial charge on any atom is -0.370 e. The molecule has 2 amide bonds. The zero-order chi connectivity index (χ0) is 14.7. The highest BCUT2D eigenvalue weighted by Gasteiger charge is 2.28. The van der Waals surface area contributed by atoms with Gasteiger partial charge in [0.15, 0.2) is 3.95 Å². The van der Waals surface area contributed by atoms with Crippen LogP contribution in [-0.4, -0.2) is 34.3 Å².